The third kappa shape index (κ3) is 1.84. The predicted octanol–water partition coefficient (Wildman–Crippen LogP) is -0.411. The molecule has 2 aliphatic heterocycles. The fourth-order valence-corrected chi connectivity index (χ4v) is 3.79. The van der Waals surface area contributed by atoms with E-state index in [2.05, 4.69) is 5.32 Å². The Morgan fingerprint density at radius 2 is 2.21 bits per heavy atom. The van der Waals surface area contributed by atoms with Crippen molar-refractivity contribution < 1.29 is 13.2 Å². The second kappa shape index (κ2) is 3.42. The van der Waals surface area contributed by atoms with Crippen LogP contribution in [0.25, 0.3) is 0 Å². The summed E-state index contributed by atoms with van der Waals surface area (Å²) in [5.74, 6) is 0.416. The van der Waals surface area contributed by atoms with Crippen LogP contribution < -0.4 is 5.32 Å². The van der Waals surface area contributed by atoms with Gasteiger partial charge in [0, 0.05) is 19.1 Å². The maximum Gasteiger partial charge on any atom is 0.317 e. The van der Waals surface area contributed by atoms with Crippen LogP contribution in [0.2, 0.25) is 0 Å². The molecule has 0 aromatic rings. The lowest BCUT2D eigenvalue weighted by molar-refractivity contribution is 0.198. The van der Waals surface area contributed by atoms with E-state index in [0.29, 0.717) is 19.5 Å². The molecule has 2 aliphatic rings. The van der Waals surface area contributed by atoms with Crippen molar-refractivity contribution >= 4 is 15.9 Å². The first-order valence-corrected chi connectivity index (χ1v) is 6.65. The third-order valence-electron chi connectivity index (χ3n) is 2.77. The first kappa shape index (κ1) is 9.76. The molecule has 2 amide bonds. The number of carbonyl (C=O) groups is 1. The van der Waals surface area contributed by atoms with Gasteiger partial charge in [-0.2, -0.15) is 0 Å². The zero-order chi connectivity index (χ0) is 10.2. The smallest absolute Gasteiger partial charge is 0.317 e. The molecule has 0 spiro atoms. The Labute approximate surface area is 83.4 Å². The van der Waals surface area contributed by atoms with Gasteiger partial charge in [-0.25, -0.2) is 13.2 Å². The van der Waals surface area contributed by atoms with Gasteiger partial charge in [0.15, 0.2) is 9.84 Å². The number of amides is 2. The molecule has 2 rings (SSSR count). The second-order valence-corrected chi connectivity index (χ2v) is 6.06. The van der Waals surface area contributed by atoms with Crippen molar-refractivity contribution in [3.8, 4) is 0 Å². The van der Waals surface area contributed by atoms with Crippen LogP contribution in [0.1, 0.15) is 12.8 Å². The van der Waals surface area contributed by atoms with Gasteiger partial charge in [-0.05, 0) is 12.8 Å². The molecule has 1 N–H and O–H groups in total. The van der Waals surface area contributed by atoms with Gasteiger partial charge >= 0.3 is 6.03 Å². The van der Waals surface area contributed by atoms with E-state index in [0.717, 1.165) is 6.42 Å². The number of rotatable bonds is 1. The number of nitrogens with zero attached hydrogens (tertiary/aromatic N) is 1. The van der Waals surface area contributed by atoms with Crippen LogP contribution in [0, 0.1) is 0 Å². The molecule has 0 saturated carbocycles. The number of hydrogen-bond donors (Lipinski definition) is 1. The summed E-state index contributed by atoms with van der Waals surface area (Å²) in [5.41, 5.74) is 0. The molecule has 6 heteroatoms. The largest absolute Gasteiger partial charge is 0.336 e. The van der Waals surface area contributed by atoms with Gasteiger partial charge in [0.2, 0.25) is 0 Å². The lowest BCUT2D eigenvalue weighted by Gasteiger charge is -2.29. The lowest BCUT2D eigenvalue weighted by Crippen LogP contribution is -2.45. The highest BCUT2D eigenvalue weighted by molar-refractivity contribution is 7.91. The molecule has 0 radical (unpaired) electrons. The number of sulfone groups is 1. The van der Waals surface area contributed by atoms with Gasteiger partial charge in [-0.3, -0.25) is 0 Å². The van der Waals surface area contributed by atoms with Gasteiger partial charge in [0.1, 0.15) is 0 Å². The number of nitrogens with one attached hydrogen (secondary N) is 1. The van der Waals surface area contributed by atoms with Gasteiger partial charge < -0.3 is 10.2 Å². The molecular weight excluding hydrogens is 204 g/mol. The predicted molar refractivity (Wildman–Crippen MR) is 51.8 cm³/mol. The molecule has 0 bridgehead atoms. The molecule has 1 unspecified atom stereocenters. The van der Waals surface area contributed by atoms with Crippen LogP contribution >= 0.6 is 0 Å². The minimum atomic E-state index is -2.91. The quantitative estimate of drug-likeness (QED) is 0.650. The Bertz CT molecular complexity index is 338. The van der Waals surface area contributed by atoms with E-state index in [1.54, 1.807) is 4.90 Å². The Kier molecular flexibility index (Phi) is 2.38. The van der Waals surface area contributed by atoms with Gasteiger partial charge in [0.05, 0.1) is 11.5 Å². The van der Waals surface area contributed by atoms with Crippen LogP contribution in [-0.2, 0) is 9.84 Å². The molecule has 0 aromatic carbocycles. The van der Waals surface area contributed by atoms with Gasteiger partial charge in [-0.1, -0.05) is 0 Å². The Morgan fingerprint density at radius 1 is 1.43 bits per heavy atom. The van der Waals surface area contributed by atoms with Crippen LogP contribution in [0.3, 0.4) is 0 Å². The third-order valence-corrected chi connectivity index (χ3v) is 4.57. The van der Waals surface area contributed by atoms with Crippen LogP contribution in [0.15, 0.2) is 0 Å². The molecule has 5 nitrogen and oxygen atoms in total. The van der Waals surface area contributed by atoms with Crippen LogP contribution in [-0.4, -0.2) is 50.0 Å². The zero-order valence-corrected chi connectivity index (χ0v) is 8.72. The van der Waals surface area contributed by atoms with Crippen molar-refractivity contribution in [3.05, 3.63) is 0 Å². The number of urea groups is 1. The summed E-state index contributed by atoms with van der Waals surface area (Å²) >= 11 is 0. The first-order valence-electron chi connectivity index (χ1n) is 4.83. The summed E-state index contributed by atoms with van der Waals surface area (Å²) < 4.78 is 22.7. The summed E-state index contributed by atoms with van der Waals surface area (Å²) in [4.78, 5) is 13.0. The molecule has 2 heterocycles. The van der Waals surface area contributed by atoms with Crippen LogP contribution in [0.4, 0.5) is 4.79 Å². The normalized spacial score (nSPS) is 31.6. The van der Waals surface area contributed by atoms with Crippen molar-refractivity contribution in [3.63, 3.8) is 0 Å². The van der Waals surface area contributed by atoms with E-state index in [4.69, 9.17) is 0 Å². The minimum Gasteiger partial charge on any atom is -0.336 e. The molecule has 2 fully saturated rings. The van der Waals surface area contributed by atoms with Gasteiger partial charge in [0.25, 0.3) is 0 Å². The number of carbonyl (C=O) groups excluding carboxylic acids is 1. The van der Waals surface area contributed by atoms with E-state index in [-0.39, 0.29) is 23.6 Å². The first-order chi connectivity index (χ1) is 6.58. The molecular formula is C8H14N2O3S. The van der Waals surface area contributed by atoms with E-state index in [1.165, 1.54) is 0 Å². The monoisotopic (exact) mass is 218 g/mol. The van der Waals surface area contributed by atoms with Crippen molar-refractivity contribution in [2.45, 2.75) is 18.9 Å². The summed E-state index contributed by atoms with van der Waals surface area (Å²) in [6.45, 7) is 1.27. The number of hydrogen-bond acceptors (Lipinski definition) is 3. The lowest BCUT2D eigenvalue weighted by atomic mass is 10.1. The van der Waals surface area contributed by atoms with E-state index in [9.17, 15) is 13.2 Å². The molecule has 0 aliphatic carbocycles. The second-order valence-electron chi connectivity index (χ2n) is 3.84. The van der Waals surface area contributed by atoms with Crippen molar-refractivity contribution in [1.29, 1.82) is 0 Å². The topological polar surface area (TPSA) is 66.5 Å². The summed E-state index contributed by atoms with van der Waals surface area (Å²) in [6.07, 6.45) is 1.49. The Hall–Kier alpha value is -0.780. The van der Waals surface area contributed by atoms with Crippen molar-refractivity contribution in [2.24, 2.45) is 0 Å². The molecule has 1 atom stereocenters. The standard InChI is InChI=1S/C8H14N2O3S/c11-8-9-3-4-10(8)7-2-1-5-14(12,13)6-7/h7H,1-6H2,(H,9,11). The average Bonchev–Trinajstić information content (AvgIpc) is 2.49. The maximum atomic E-state index is 11.4. The molecule has 2 saturated heterocycles. The van der Waals surface area contributed by atoms with Crippen LogP contribution in [0.5, 0.6) is 0 Å². The fraction of sp³-hybridized carbons (Fsp3) is 0.875. The summed E-state index contributed by atoms with van der Waals surface area (Å²) in [6, 6.07) is -0.219. The SMILES string of the molecule is O=C1NCCN1C1CCCS(=O)(=O)C1. The van der Waals surface area contributed by atoms with E-state index < -0.39 is 9.84 Å². The van der Waals surface area contributed by atoms with Crippen molar-refractivity contribution in [1.82, 2.24) is 10.2 Å². The highest BCUT2D eigenvalue weighted by Crippen LogP contribution is 2.18. The molecule has 14 heavy (non-hydrogen) atoms. The average molecular weight is 218 g/mol. The zero-order valence-electron chi connectivity index (χ0n) is 7.90. The minimum absolute atomic E-state index is 0.101. The fourth-order valence-electron chi connectivity index (χ4n) is 2.08. The molecule has 0 aromatic heterocycles. The highest BCUT2D eigenvalue weighted by atomic mass is 32.2. The van der Waals surface area contributed by atoms with Crippen molar-refractivity contribution in [2.75, 3.05) is 24.6 Å². The highest BCUT2D eigenvalue weighted by Gasteiger charge is 2.33. The molecule has 80 valence electrons. The summed E-state index contributed by atoms with van der Waals surface area (Å²) in [7, 11) is -2.91. The summed E-state index contributed by atoms with van der Waals surface area (Å²) in [5, 5.41) is 2.69. The van der Waals surface area contributed by atoms with E-state index >= 15 is 0 Å². The van der Waals surface area contributed by atoms with E-state index in [1.807, 2.05) is 0 Å². The Balaban J connectivity index is 2.07. The van der Waals surface area contributed by atoms with Gasteiger partial charge in [-0.15, -0.1) is 0 Å². The Morgan fingerprint density at radius 3 is 2.79 bits per heavy atom. The maximum absolute atomic E-state index is 11.4.